The Morgan fingerprint density at radius 1 is 1.24 bits per heavy atom. The smallest absolute Gasteiger partial charge is 0.232 e. The molecular formula is C17H17N7O. The van der Waals surface area contributed by atoms with Crippen LogP contribution < -0.4 is 10.2 Å². The molecule has 0 atom stereocenters. The van der Waals surface area contributed by atoms with E-state index in [1.165, 1.54) is 6.33 Å². The number of carbonyl (C=O) groups excluding carboxylic acids is 1. The third-order valence-corrected chi connectivity index (χ3v) is 4.12. The van der Waals surface area contributed by atoms with Gasteiger partial charge in [-0.3, -0.25) is 9.36 Å². The van der Waals surface area contributed by atoms with Crippen molar-refractivity contribution >= 4 is 17.5 Å². The van der Waals surface area contributed by atoms with E-state index < -0.39 is 0 Å². The molecule has 1 aliphatic heterocycles. The highest BCUT2D eigenvalue weighted by Crippen LogP contribution is 2.24. The molecule has 3 aromatic heterocycles. The number of hydrogen-bond acceptors (Lipinski definition) is 6. The molecule has 0 saturated carbocycles. The molecule has 0 aliphatic carbocycles. The van der Waals surface area contributed by atoms with Gasteiger partial charge in [-0.25, -0.2) is 19.9 Å². The van der Waals surface area contributed by atoms with Crippen molar-refractivity contribution in [3.63, 3.8) is 0 Å². The SMILES string of the molecule is Cc1cccc(NC(=O)C2CN(c3cc(-n4ccnc4)ncn3)C2)n1. The number of anilines is 2. The Balaban J connectivity index is 1.39. The van der Waals surface area contributed by atoms with E-state index >= 15 is 0 Å². The summed E-state index contributed by atoms with van der Waals surface area (Å²) in [4.78, 5) is 31.2. The molecule has 1 saturated heterocycles. The highest BCUT2D eigenvalue weighted by molar-refractivity contribution is 5.93. The van der Waals surface area contributed by atoms with Crippen molar-refractivity contribution < 1.29 is 4.79 Å². The Hall–Kier alpha value is -3.29. The van der Waals surface area contributed by atoms with E-state index in [-0.39, 0.29) is 11.8 Å². The molecule has 4 rings (SSSR count). The molecule has 3 aromatic rings. The first-order chi connectivity index (χ1) is 12.2. The van der Waals surface area contributed by atoms with Crippen LogP contribution in [0, 0.1) is 12.8 Å². The van der Waals surface area contributed by atoms with Gasteiger partial charge in [0.1, 0.15) is 30.1 Å². The number of imidazole rings is 1. The van der Waals surface area contributed by atoms with E-state index in [1.54, 1.807) is 18.6 Å². The molecular weight excluding hydrogens is 318 g/mol. The number of aryl methyl sites for hydroxylation is 1. The minimum atomic E-state index is -0.0750. The predicted molar refractivity (Wildman–Crippen MR) is 92.5 cm³/mol. The predicted octanol–water partition coefficient (Wildman–Crippen LogP) is 1.44. The second kappa shape index (κ2) is 6.31. The summed E-state index contributed by atoms with van der Waals surface area (Å²) in [6.45, 7) is 3.14. The zero-order valence-corrected chi connectivity index (χ0v) is 13.7. The Bertz CT molecular complexity index is 888. The maximum Gasteiger partial charge on any atom is 0.232 e. The molecule has 0 bridgehead atoms. The van der Waals surface area contributed by atoms with Crippen LogP contribution in [-0.4, -0.2) is 43.5 Å². The van der Waals surface area contributed by atoms with Crippen LogP contribution in [0.3, 0.4) is 0 Å². The molecule has 0 radical (unpaired) electrons. The molecule has 0 unspecified atom stereocenters. The summed E-state index contributed by atoms with van der Waals surface area (Å²) in [6, 6.07) is 7.46. The van der Waals surface area contributed by atoms with Crippen LogP contribution >= 0.6 is 0 Å². The number of carbonyl (C=O) groups is 1. The first-order valence-corrected chi connectivity index (χ1v) is 7.99. The maximum atomic E-state index is 12.3. The van der Waals surface area contributed by atoms with Crippen molar-refractivity contribution in [1.82, 2.24) is 24.5 Å². The number of aromatic nitrogens is 5. The van der Waals surface area contributed by atoms with Crippen molar-refractivity contribution in [2.45, 2.75) is 6.92 Å². The quantitative estimate of drug-likeness (QED) is 0.776. The topological polar surface area (TPSA) is 88.8 Å². The summed E-state index contributed by atoms with van der Waals surface area (Å²) in [5.41, 5.74) is 0.876. The summed E-state index contributed by atoms with van der Waals surface area (Å²) >= 11 is 0. The van der Waals surface area contributed by atoms with E-state index in [0.29, 0.717) is 18.9 Å². The number of hydrogen-bond donors (Lipinski definition) is 1. The number of amides is 1. The van der Waals surface area contributed by atoms with E-state index in [4.69, 9.17) is 0 Å². The summed E-state index contributed by atoms with van der Waals surface area (Å²) in [7, 11) is 0. The van der Waals surface area contributed by atoms with Crippen LogP contribution in [0.5, 0.6) is 0 Å². The molecule has 8 heteroatoms. The lowest BCUT2D eigenvalue weighted by Crippen LogP contribution is -2.52. The second-order valence-corrected chi connectivity index (χ2v) is 5.96. The lowest BCUT2D eigenvalue weighted by atomic mass is 9.99. The average molecular weight is 335 g/mol. The van der Waals surface area contributed by atoms with Crippen LogP contribution in [-0.2, 0) is 4.79 Å². The zero-order chi connectivity index (χ0) is 17.2. The molecule has 1 fully saturated rings. The summed E-state index contributed by atoms with van der Waals surface area (Å²) in [5, 5.41) is 2.87. The second-order valence-electron chi connectivity index (χ2n) is 5.96. The van der Waals surface area contributed by atoms with Crippen LogP contribution in [0.2, 0.25) is 0 Å². The van der Waals surface area contributed by atoms with Gasteiger partial charge >= 0.3 is 0 Å². The highest BCUT2D eigenvalue weighted by atomic mass is 16.2. The van der Waals surface area contributed by atoms with Crippen LogP contribution in [0.4, 0.5) is 11.6 Å². The molecule has 8 nitrogen and oxygen atoms in total. The van der Waals surface area contributed by atoms with Gasteiger partial charge in [-0.15, -0.1) is 0 Å². The molecule has 1 aliphatic rings. The van der Waals surface area contributed by atoms with Gasteiger partial charge in [0.2, 0.25) is 5.91 Å². The third-order valence-electron chi connectivity index (χ3n) is 4.12. The normalized spacial score (nSPS) is 14.2. The summed E-state index contributed by atoms with van der Waals surface area (Å²) < 4.78 is 1.82. The highest BCUT2D eigenvalue weighted by Gasteiger charge is 2.33. The maximum absolute atomic E-state index is 12.3. The molecule has 1 amide bonds. The zero-order valence-electron chi connectivity index (χ0n) is 13.7. The molecule has 0 aromatic carbocycles. The minimum absolute atomic E-state index is 0.0155. The Labute approximate surface area is 144 Å². The van der Waals surface area contributed by atoms with Crippen molar-refractivity contribution in [3.8, 4) is 5.82 Å². The fraction of sp³-hybridized carbons (Fsp3) is 0.235. The monoisotopic (exact) mass is 335 g/mol. The molecule has 4 heterocycles. The number of nitrogens with one attached hydrogen (secondary N) is 1. The van der Waals surface area contributed by atoms with Gasteiger partial charge in [0, 0.05) is 37.2 Å². The number of nitrogens with zero attached hydrogens (tertiary/aromatic N) is 6. The molecule has 126 valence electrons. The van der Waals surface area contributed by atoms with Gasteiger partial charge in [0.15, 0.2) is 0 Å². The first-order valence-electron chi connectivity index (χ1n) is 7.99. The fourth-order valence-electron chi connectivity index (χ4n) is 2.72. The number of pyridine rings is 1. The van der Waals surface area contributed by atoms with Crippen molar-refractivity contribution in [1.29, 1.82) is 0 Å². The average Bonchev–Trinajstić information content (AvgIpc) is 3.08. The molecule has 0 spiro atoms. The Morgan fingerprint density at radius 2 is 2.08 bits per heavy atom. The largest absolute Gasteiger partial charge is 0.355 e. The van der Waals surface area contributed by atoms with Crippen molar-refractivity contribution in [2.75, 3.05) is 23.3 Å². The summed E-state index contributed by atoms with van der Waals surface area (Å²) in [6.07, 6.45) is 6.74. The Morgan fingerprint density at radius 3 is 2.84 bits per heavy atom. The van der Waals surface area contributed by atoms with Crippen molar-refractivity contribution in [2.24, 2.45) is 5.92 Å². The van der Waals surface area contributed by atoms with Gasteiger partial charge in [-0.05, 0) is 19.1 Å². The summed E-state index contributed by atoms with van der Waals surface area (Å²) in [5.74, 6) is 2.05. The lowest BCUT2D eigenvalue weighted by molar-refractivity contribution is -0.120. The van der Waals surface area contributed by atoms with Gasteiger partial charge in [-0.2, -0.15) is 0 Å². The standard InChI is InChI=1S/C17H17N7O/c1-12-3-2-4-14(21-12)22-17(25)13-8-24(9-13)16-7-15(19-10-20-16)23-6-5-18-11-23/h2-7,10-11,13H,8-9H2,1H3,(H,21,22,25). The Kier molecular flexibility index (Phi) is 3.85. The van der Waals surface area contributed by atoms with Gasteiger partial charge in [0.25, 0.3) is 0 Å². The molecule has 1 N–H and O–H groups in total. The first kappa shape index (κ1) is 15.3. The fourth-order valence-corrected chi connectivity index (χ4v) is 2.72. The molecule has 25 heavy (non-hydrogen) atoms. The minimum Gasteiger partial charge on any atom is -0.355 e. The number of rotatable bonds is 4. The van der Waals surface area contributed by atoms with E-state index in [0.717, 1.165) is 17.3 Å². The lowest BCUT2D eigenvalue weighted by Gasteiger charge is -2.39. The van der Waals surface area contributed by atoms with Crippen molar-refractivity contribution in [3.05, 3.63) is 55.0 Å². The van der Waals surface area contributed by atoms with E-state index in [1.807, 2.05) is 35.9 Å². The van der Waals surface area contributed by atoms with E-state index in [2.05, 4.69) is 30.2 Å². The van der Waals surface area contributed by atoms with Gasteiger partial charge in [0.05, 0.1) is 5.92 Å². The van der Waals surface area contributed by atoms with Gasteiger partial charge < -0.3 is 10.2 Å². The van der Waals surface area contributed by atoms with Crippen LogP contribution in [0.1, 0.15) is 5.69 Å². The van der Waals surface area contributed by atoms with Crippen LogP contribution in [0.15, 0.2) is 49.3 Å². The van der Waals surface area contributed by atoms with Gasteiger partial charge in [-0.1, -0.05) is 6.07 Å². The van der Waals surface area contributed by atoms with Crippen LogP contribution in [0.25, 0.3) is 5.82 Å². The van der Waals surface area contributed by atoms with E-state index in [9.17, 15) is 4.79 Å². The third kappa shape index (κ3) is 3.18.